The fourth-order valence-electron chi connectivity index (χ4n) is 1.76. The second-order valence-electron chi connectivity index (χ2n) is 4.43. The van der Waals surface area contributed by atoms with Gasteiger partial charge in [0.05, 0.1) is 17.8 Å². The number of halogens is 5. The molecule has 1 aromatic carbocycles. The number of hydrogen-bond acceptors (Lipinski definition) is 6. The van der Waals surface area contributed by atoms with Crippen LogP contribution in [-0.4, -0.2) is 30.4 Å². The lowest BCUT2D eigenvalue weighted by Crippen LogP contribution is -2.18. The Morgan fingerprint density at radius 3 is 2.40 bits per heavy atom. The van der Waals surface area contributed by atoms with E-state index in [1.54, 1.807) is 0 Å². The highest BCUT2D eigenvalue weighted by atomic mass is 127. The van der Waals surface area contributed by atoms with Crippen molar-refractivity contribution in [1.82, 2.24) is 10.2 Å². The average molecular weight is 472 g/mol. The first kappa shape index (κ1) is 19.1. The molecule has 0 saturated heterocycles. The largest absolute Gasteiger partial charge is 0.493 e. The molecule has 1 heterocycles. The van der Waals surface area contributed by atoms with Crippen molar-refractivity contribution in [2.24, 2.45) is 0 Å². The molecule has 0 aliphatic carbocycles. The van der Waals surface area contributed by atoms with Gasteiger partial charge in [-0.3, -0.25) is 0 Å². The van der Waals surface area contributed by atoms with Gasteiger partial charge in [-0.15, -0.1) is 10.2 Å². The van der Waals surface area contributed by atoms with Gasteiger partial charge in [-0.2, -0.15) is 13.2 Å². The zero-order valence-electron chi connectivity index (χ0n) is 12.6. The molecule has 0 aliphatic rings. The molecule has 0 amide bonds. The summed E-state index contributed by atoms with van der Waals surface area (Å²) in [4.78, 5) is 11.9. The Labute approximate surface area is 152 Å². The van der Waals surface area contributed by atoms with Gasteiger partial charge >= 0.3 is 12.1 Å². The van der Waals surface area contributed by atoms with Crippen molar-refractivity contribution in [1.29, 1.82) is 0 Å². The Bertz CT molecular complexity index is 814. The van der Waals surface area contributed by atoms with Crippen LogP contribution in [0.25, 0.3) is 0 Å². The monoisotopic (exact) mass is 472 g/mol. The van der Waals surface area contributed by atoms with Crippen LogP contribution in [0.2, 0.25) is 0 Å². The van der Waals surface area contributed by atoms with E-state index in [2.05, 4.69) is 14.9 Å². The first-order valence-corrected chi connectivity index (χ1v) is 7.50. The van der Waals surface area contributed by atoms with Crippen LogP contribution in [0, 0.1) is 9.39 Å². The van der Waals surface area contributed by atoms with Crippen LogP contribution in [0.5, 0.6) is 17.4 Å². The Hall–Kier alpha value is -2.18. The Balaban J connectivity index is 2.58. The molecule has 0 fully saturated rings. The van der Waals surface area contributed by atoms with E-state index in [9.17, 15) is 22.4 Å². The summed E-state index contributed by atoms with van der Waals surface area (Å²) in [6.45, 7) is 0. The minimum Gasteiger partial charge on any atom is -0.493 e. The van der Waals surface area contributed by atoms with E-state index in [1.165, 1.54) is 35.8 Å². The molecule has 6 nitrogen and oxygen atoms in total. The SMILES string of the molecule is COC(=O)c1c(Oc2ccc(F)cc2OC)nnc(C(F)(F)F)c1I. The molecule has 0 bridgehead atoms. The summed E-state index contributed by atoms with van der Waals surface area (Å²) < 4.78 is 66.3. The van der Waals surface area contributed by atoms with Crippen molar-refractivity contribution < 1.29 is 36.6 Å². The van der Waals surface area contributed by atoms with Crippen LogP contribution < -0.4 is 9.47 Å². The Morgan fingerprint density at radius 2 is 1.84 bits per heavy atom. The molecule has 0 aliphatic heterocycles. The summed E-state index contributed by atoms with van der Waals surface area (Å²) in [7, 11) is 2.24. The Morgan fingerprint density at radius 1 is 1.16 bits per heavy atom. The average Bonchev–Trinajstić information content (AvgIpc) is 2.54. The smallest absolute Gasteiger partial charge is 0.436 e. The molecule has 2 aromatic rings. The zero-order chi connectivity index (χ0) is 18.8. The molecule has 2 rings (SSSR count). The fourth-order valence-corrected chi connectivity index (χ4v) is 2.63. The van der Waals surface area contributed by atoms with E-state index in [4.69, 9.17) is 9.47 Å². The second-order valence-corrected chi connectivity index (χ2v) is 5.51. The number of esters is 1. The maximum Gasteiger partial charge on any atom is 0.436 e. The maximum atomic E-state index is 13.2. The molecule has 0 spiro atoms. The molecule has 1 aromatic heterocycles. The molecule has 0 N–H and O–H groups in total. The van der Waals surface area contributed by atoms with Crippen molar-refractivity contribution in [3.8, 4) is 17.4 Å². The number of hydrogen-bond donors (Lipinski definition) is 0. The first-order chi connectivity index (χ1) is 11.7. The van der Waals surface area contributed by atoms with Gasteiger partial charge in [0.25, 0.3) is 5.88 Å². The van der Waals surface area contributed by atoms with E-state index >= 15 is 0 Å². The minimum absolute atomic E-state index is 0.0486. The standard InChI is InChI=1S/C14H9F4IN2O4/c1-23-8-5-6(15)3-4-7(8)25-12-9(13(22)24-2)10(19)11(20-21-12)14(16,17)18/h3-5H,1-2H3. The number of alkyl halides is 3. The van der Waals surface area contributed by atoms with Crippen LogP contribution >= 0.6 is 22.6 Å². The minimum atomic E-state index is -4.82. The quantitative estimate of drug-likeness (QED) is 0.383. The van der Waals surface area contributed by atoms with E-state index in [0.717, 1.165) is 19.2 Å². The lowest BCUT2D eigenvalue weighted by atomic mass is 10.2. The zero-order valence-corrected chi connectivity index (χ0v) is 14.8. The maximum absolute atomic E-state index is 13.2. The van der Waals surface area contributed by atoms with Crippen molar-refractivity contribution >= 4 is 28.6 Å². The van der Waals surface area contributed by atoms with E-state index < -0.39 is 38.7 Å². The number of ether oxygens (including phenoxy) is 3. The second kappa shape index (κ2) is 7.37. The summed E-state index contributed by atoms with van der Waals surface area (Å²) in [5.74, 6) is -2.37. The van der Waals surface area contributed by atoms with E-state index in [-0.39, 0.29) is 11.5 Å². The van der Waals surface area contributed by atoms with Crippen LogP contribution in [0.3, 0.4) is 0 Å². The highest BCUT2D eigenvalue weighted by Crippen LogP contribution is 2.38. The molecular weight excluding hydrogens is 463 g/mol. The normalized spacial score (nSPS) is 11.2. The van der Waals surface area contributed by atoms with Gasteiger partial charge in [-0.05, 0) is 34.7 Å². The predicted molar refractivity (Wildman–Crippen MR) is 84.1 cm³/mol. The molecule has 0 unspecified atom stereocenters. The lowest BCUT2D eigenvalue weighted by Gasteiger charge is -2.15. The van der Waals surface area contributed by atoms with Gasteiger partial charge in [0, 0.05) is 6.07 Å². The third-order valence-electron chi connectivity index (χ3n) is 2.87. The van der Waals surface area contributed by atoms with Crippen LogP contribution in [0.1, 0.15) is 16.1 Å². The van der Waals surface area contributed by atoms with Gasteiger partial charge in [0.15, 0.2) is 17.2 Å². The first-order valence-electron chi connectivity index (χ1n) is 6.42. The lowest BCUT2D eigenvalue weighted by molar-refractivity contribution is -0.142. The summed E-state index contributed by atoms with van der Waals surface area (Å²) >= 11 is 1.30. The molecule has 11 heteroatoms. The van der Waals surface area contributed by atoms with E-state index in [1.807, 2.05) is 0 Å². The molecular formula is C14H9F4IN2O4. The van der Waals surface area contributed by atoms with Gasteiger partial charge in [-0.25, -0.2) is 9.18 Å². The summed E-state index contributed by atoms with van der Waals surface area (Å²) in [5, 5.41) is 6.39. The number of aromatic nitrogens is 2. The van der Waals surface area contributed by atoms with Crippen molar-refractivity contribution in [3.05, 3.63) is 38.8 Å². The highest BCUT2D eigenvalue weighted by Gasteiger charge is 2.39. The third-order valence-corrected chi connectivity index (χ3v) is 3.92. The van der Waals surface area contributed by atoms with Crippen LogP contribution in [0.15, 0.2) is 18.2 Å². The number of nitrogens with zero attached hydrogens (tertiary/aromatic N) is 2. The number of methoxy groups -OCH3 is 2. The van der Waals surface area contributed by atoms with Crippen molar-refractivity contribution in [2.45, 2.75) is 6.18 Å². The number of carbonyl (C=O) groups excluding carboxylic acids is 1. The van der Waals surface area contributed by atoms with Gasteiger partial charge in [-0.1, -0.05) is 0 Å². The summed E-state index contributed by atoms with van der Waals surface area (Å²) in [6.07, 6.45) is -4.82. The van der Waals surface area contributed by atoms with E-state index in [0.29, 0.717) is 0 Å². The van der Waals surface area contributed by atoms with Crippen LogP contribution in [-0.2, 0) is 10.9 Å². The van der Waals surface area contributed by atoms with Gasteiger partial charge in [0.2, 0.25) is 0 Å². The molecule has 25 heavy (non-hydrogen) atoms. The van der Waals surface area contributed by atoms with Gasteiger partial charge in [0.1, 0.15) is 11.4 Å². The molecule has 0 atom stereocenters. The summed E-state index contributed by atoms with van der Waals surface area (Å²) in [5.41, 5.74) is -1.91. The van der Waals surface area contributed by atoms with Crippen molar-refractivity contribution in [3.63, 3.8) is 0 Å². The summed E-state index contributed by atoms with van der Waals surface area (Å²) in [6, 6.07) is 3.20. The predicted octanol–water partition coefficient (Wildman–Crippen LogP) is 3.83. The Kier molecular flexibility index (Phi) is 5.65. The fraction of sp³-hybridized carbons (Fsp3) is 0.214. The highest BCUT2D eigenvalue weighted by molar-refractivity contribution is 14.1. The number of carbonyl (C=O) groups is 1. The molecule has 0 saturated carbocycles. The van der Waals surface area contributed by atoms with Gasteiger partial charge < -0.3 is 14.2 Å². The molecule has 134 valence electrons. The number of rotatable bonds is 4. The molecule has 0 radical (unpaired) electrons. The van der Waals surface area contributed by atoms with Crippen molar-refractivity contribution in [2.75, 3.05) is 14.2 Å². The van der Waals surface area contributed by atoms with Crippen LogP contribution in [0.4, 0.5) is 17.6 Å². The topological polar surface area (TPSA) is 70.5 Å². The third kappa shape index (κ3) is 4.08. The number of benzene rings is 1.